The average molecular weight is 313 g/mol. The van der Waals surface area contributed by atoms with Gasteiger partial charge in [0.1, 0.15) is 0 Å². The van der Waals surface area contributed by atoms with Crippen molar-refractivity contribution >= 4 is 17.4 Å². The van der Waals surface area contributed by atoms with Gasteiger partial charge >= 0.3 is 0 Å². The van der Waals surface area contributed by atoms with Crippen LogP contribution in [0.5, 0.6) is 0 Å². The molecule has 6 heteroatoms. The number of aromatic nitrogens is 2. The molecule has 0 fully saturated rings. The summed E-state index contributed by atoms with van der Waals surface area (Å²) in [5.74, 6) is 0.415. The van der Waals surface area contributed by atoms with E-state index in [1.165, 1.54) is 0 Å². The maximum absolute atomic E-state index is 12.0. The molecule has 1 amide bonds. The van der Waals surface area contributed by atoms with Crippen LogP contribution in [0.3, 0.4) is 0 Å². The quantitative estimate of drug-likeness (QED) is 0.767. The van der Waals surface area contributed by atoms with Crippen molar-refractivity contribution in [3.8, 4) is 0 Å². The third-order valence-corrected chi connectivity index (χ3v) is 3.26. The number of hydrogen-bond acceptors (Lipinski definition) is 5. The van der Waals surface area contributed by atoms with Gasteiger partial charge in [0, 0.05) is 12.2 Å². The number of benzene rings is 1. The van der Waals surface area contributed by atoms with Gasteiger partial charge in [-0.15, -0.1) is 10.2 Å². The van der Waals surface area contributed by atoms with Crippen molar-refractivity contribution in [1.29, 1.82) is 0 Å². The van der Waals surface area contributed by atoms with Gasteiger partial charge in [0.25, 0.3) is 5.91 Å². The third kappa shape index (κ3) is 5.67. The van der Waals surface area contributed by atoms with Gasteiger partial charge in [-0.05, 0) is 63.8 Å². The molecule has 1 aromatic carbocycles. The molecule has 23 heavy (non-hydrogen) atoms. The lowest BCUT2D eigenvalue weighted by molar-refractivity contribution is 0.0946. The summed E-state index contributed by atoms with van der Waals surface area (Å²) in [6.07, 6.45) is 0.902. The number of hydrogen-bond donors (Lipinski definition) is 2. The van der Waals surface area contributed by atoms with E-state index in [2.05, 4.69) is 25.7 Å². The Morgan fingerprint density at radius 1 is 1.17 bits per heavy atom. The minimum atomic E-state index is -0.196. The molecule has 0 atom stereocenters. The Kier molecular flexibility index (Phi) is 6.05. The Morgan fingerprint density at radius 3 is 2.65 bits per heavy atom. The van der Waals surface area contributed by atoms with E-state index >= 15 is 0 Å². The van der Waals surface area contributed by atoms with Crippen LogP contribution in [0, 0.1) is 6.92 Å². The lowest BCUT2D eigenvalue weighted by Crippen LogP contribution is -2.28. The van der Waals surface area contributed by atoms with E-state index in [9.17, 15) is 4.79 Å². The van der Waals surface area contributed by atoms with Crippen LogP contribution in [-0.4, -0.2) is 48.2 Å². The zero-order valence-corrected chi connectivity index (χ0v) is 13.8. The largest absolute Gasteiger partial charge is 0.351 e. The monoisotopic (exact) mass is 313 g/mol. The summed E-state index contributed by atoms with van der Waals surface area (Å²) in [7, 11) is 4.01. The topological polar surface area (TPSA) is 70.2 Å². The minimum Gasteiger partial charge on any atom is -0.351 e. The second-order valence-electron chi connectivity index (χ2n) is 5.71. The van der Waals surface area contributed by atoms with Crippen molar-refractivity contribution in [3.63, 3.8) is 0 Å². The molecule has 2 rings (SSSR count). The summed E-state index contributed by atoms with van der Waals surface area (Å²) in [6.45, 7) is 3.59. The molecule has 2 aromatic rings. The molecular formula is C17H23N5O. The summed E-state index contributed by atoms with van der Waals surface area (Å²) in [5, 5.41) is 14.0. The van der Waals surface area contributed by atoms with Gasteiger partial charge in [-0.2, -0.15) is 0 Å². The fourth-order valence-corrected chi connectivity index (χ4v) is 2.08. The first kappa shape index (κ1) is 16.9. The Bertz CT molecular complexity index is 640. The molecule has 122 valence electrons. The molecule has 0 spiro atoms. The van der Waals surface area contributed by atoms with Crippen LogP contribution >= 0.6 is 0 Å². The molecule has 0 radical (unpaired) electrons. The van der Waals surface area contributed by atoms with Crippen molar-refractivity contribution in [2.24, 2.45) is 0 Å². The lowest BCUT2D eigenvalue weighted by atomic mass is 10.2. The van der Waals surface area contributed by atoms with Gasteiger partial charge < -0.3 is 15.5 Å². The second-order valence-corrected chi connectivity index (χ2v) is 5.71. The smallest absolute Gasteiger partial charge is 0.271 e. The molecule has 1 heterocycles. The van der Waals surface area contributed by atoms with Gasteiger partial charge in [0.2, 0.25) is 0 Å². The second kappa shape index (κ2) is 8.24. The van der Waals surface area contributed by atoms with Gasteiger partial charge in [-0.3, -0.25) is 4.79 Å². The first-order valence-electron chi connectivity index (χ1n) is 7.65. The summed E-state index contributed by atoms with van der Waals surface area (Å²) in [6, 6.07) is 11.4. The van der Waals surface area contributed by atoms with E-state index in [0.29, 0.717) is 18.1 Å². The van der Waals surface area contributed by atoms with E-state index in [1.807, 2.05) is 45.3 Å². The maximum atomic E-state index is 12.0. The maximum Gasteiger partial charge on any atom is 0.271 e. The molecule has 0 saturated carbocycles. The van der Waals surface area contributed by atoms with Crippen LogP contribution < -0.4 is 10.6 Å². The predicted molar refractivity (Wildman–Crippen MR) is 92.0 cm³/mol. The molecule has 0 aliphatic carbocycles. The fourth-order valence-electron chi connectivity index (χ4n) is 2.08. The van der Waals surface area contributed by atoms with Crippen molar-refractivity contribution < 1.29 is 4.79 Å². The van der Waals surface area contributed by atoms with E-state index < -0.39 is 0 Å². The minimum absolute atomic E-state index is 0.196. The number of aryl methyl sites for hydroxylation is 1. The number of carbonyl (C=O) groups excluding carboxylic acids is 1. The zero-order chi connectivity index (χ0) is 16.7. The van der Waals surface area contributed by atoms with Gasteiger partial charge in [-0.25, -0.2) is 0 Å². The molecule has 2 N–H and O–H groups in total. The zero-order valence-electron chi connectivity index (χ0n) is 13.8. The number of nitrogens with zero attached hydrogens (tertiary/aromatic N) is 3. The molecule has 0 aliphatic heterocycles. The van der Waals surface area contributed by atoms with Gasteiger partial charge in [0.05, 0.1) is 0 Å². The molecule has 0 saturated heterocycles. The first-order valence-corrected chi connectivity index (χ1v) is 7.65. The Balaban J connectivity index is 1.87. The normalized spacial score (nSPS) is 10.6. The van der Waals surface area contributed by atoms with Crippen molar-refractivity contribution in [2.75, 3.05) is 32.5 Å². The van der Waals surface area contributed by atoms with Crippen molar-refractivity contribution in [1.82, 2.24) is 20.4 Å². The SMILES string of the molecule is Cc1cccc(Nc2ccc(C(=O)NCCCN(C)C)nn2)c1. The van der Waals surface area contributed by atoms with Crippen LogP contribution in [0.25, 0.3) is 0 Å². The Hall–Kier alpha value is -2.47. The number of amides is 1. The van der Waals surface area contributed by atoms with Crippen LogP contribution in [0.15, 0.2) is 36.4 Å². The number of rotatable bonds is 7. The van der Waals surface area contributed by atoms with Crippen molar-refractivity contribution in [3.05, 3.63) is 47.7 Å². The number of nitrogens with one attached hydrogen (secondary N) is 2. The number of carbonyl (C=O) groups is 1. The predicted octanol–water partition coefficient (Wildman–Crippen LogP) is 2.21. The Morgan fingerprint density at radius 2 is 2.00 bits per heavy atom. The molecule has 1 aromatic heterocycles. The van der Waals surface area contributed by atoms with E-state index in [4.69, 9.17) is 0 Å². The van der Waals surface area contributed by atoms with Gasteiger partial charge in [0.15, 0.2) is 11.5 Å². The third-order valence-electron chi connectivity index (χ3n) is 3.26. The standard InChI is InChI=1S/C17H23N5O/c1-13-6-4-7-14(12-13)19-16-9-8-15(20-21-16)17(23)18-10-5-11-22(2)3/h4,6-9,12H,5,10-11H2,1-3H3,(H,18,23)(H,19,21). The van der Waals surface area contributed by atoms with Crippen LogP contribution in [0.2, 0.25) is 0 Å². The molecule has 0 unspecified atom stereocenters. The fraction of sp³-hybridized carbons (Fsp3) is 0.353. The van der Waals surface area contributed by atoms with Crippen LogP contribution in [-0.2, 0) is 0 Å². The molecule has 0 bridgehead atoms. The highest BCUT2D eigenvalue weighted by Gasteiger charge is 2.07. The molecular weight excluding hydrogens is 290 g/mol. The van der Waals surface area contributed by atoms with E-state index in [-0.39, 0.29) is 5.91 Å². The summed E-state index contributed by atoms with van der Waals surface area (Å²) >= 11 is 0. The lowest BCUT2D eigenvalue weighted by Gasteiger charge is -2.10. The van der Waals surface area contributed by atoms with E-state index in [1.54, 1.807) is 12.1 Å². The average Bonchev–Trinajstić information content (AvgIpc) is 2.52. The number of anilines is 2. The summed E-state index contributed by atoms with van der Waals surface area (Å²) in [5.41, 5.74) is 2.43. The molecule has 6 nitrogen and oxygen atoms in total. The summed E-state index contributed by atoms with van der Waals surface area (Å²) in [4.78, 5) is 14.0. The molecule has 0 aliphatic rings. The summed E-state index contributed by atoms with van der Waals surface area (Å²) < 4.78 is 0. The highest BCUT2D eigenvalue weighted by atomic mass is 16.1. The first-order chi connectivity index (χ1) is 11.0. The highest BCUT2D eigenvalue weighted by molar-refractivity contribution is 5.92. The Labute approximate surface area is 136 Å². The van der Waals surface area contributed by atoms with E-state index in [0.717, 1.165) is 24.2 Å². The van der Waals surface area contributed by atoms with Crippen molar-refractivity contribution in [2.45, 2.75) is 13.3 Å². The highest BCUT2D eigenvalue weighted by Crippen LogP contribution is 2.15. The van der Waals surface area contributed by atoms with Crippen LogP contribution in [0.4, 0.5) is 11.5 Å². The van der Waals surface area contributed by atoms with Gasteiger partial charge in [-0.1, -0.05) is 12.1 Å². The van der Waals surface area contributed by atoms with Crippen LogP contribution in [0.1, 0.15) is 22.5 Å².